The Balaban J connectivity index is 2.27. The highest BCUT2D eigenvalue weighted by atomic mass is 15.2. The summed E-state index contributed by atoms with van der Waals surface area (Å²) in [7, 11) is 0. The Kier molecular flexibility index (Phi) is 4.46. The Morgan fingerprint density at radius 2 is 2.31 bits per heavy atom. The van der Waals surface area contributed by atoms with E-state index in [1.807, 2.05) is 0 Å². The van der Waals surface area contributed by atoms with E-state index in [2.05, 4.69) is 30.9 Å². The van der Waals surface area contributed by atoms with Gasteiger partial charge < -0.3 is 5.73 Å². The second-order valence-electron chi connectivity index (χ2n) is 4.20. The number of allylic oxidation sites excluding steroid dienone is 1. The Morgan fingerprint density at radius 3 is 2.92 bits per heavy atom. The molecule has 76 valence electrons. The zero-order valence-corrected chi connectivity index (χ0v) is 8.87. The summed E-state index contributed by atoms with van der Waals surface area (Å²) in [4.78, 5) is 2.49. The van der Waals surface area contributed by atoms with Crippen LogP contribution in [0.5, 0.6) is 0 Å². The summed E-state index contributed by atoms with van der Waals surface area (Å²) in [5.41, 5.74) is 5.69. The van der Waals surface area contributed by atoms with Crippen LogP contribution in [-0.2, 0) is 0 Å². The van der Waals surface area contributed by atoms with Crippen molar-refractivity contribution in [3.63, 3.8) is 0 Å². The van der Waals surface area contributed by atoms with Crippen LogP contribution in [0.25, 0.3) is 0 Å². The molecule has 1 saturated heterocycles. The smallest absolute Gasteiger partial charge is 0.0222 e. The molecule has 0 aromatic heterocycles. The first kappa shape index (κ1) is 10.7. The molecular weight excluding hydrogens is 160 g/mol. The highest BCUT2D eigenvalue weighted by Gasteiger charge is 2.21. The van der Waals surface area contributed by atoms with Crippen LogP contribution in [0, 0.1) is 5.92 Å². The third kappa shape index (κ3) is 3.49. The second kappa shape index (κ2) is 5.40. The molecule has 1 rings (SSSR count). The first-order valence-electron chi connectivity index (χ1n) is 5.35. The van der Waals surface area contributed by atoms with E-state index in [9.17, 15) is 0 Å². The molecule has 2 heteroatoms. The van der Waals surface area contributed by atoms with Crippen LogP contribution >= 0.6 is 0 Å². The SMILES string of the molecule is CC(C)/C=C/CN1CCC[C@H]1CN. The average Bonchev–Trinajstić information content (AvgIpc) is 2.51. The lowest BCUT2D eigenvalue weighted by Gasteiger charge is -2.21. The number of hydrogen-bond donors (Lipinski definition) is 1. The summed E-state index contributed by atoms with van der Waals surface area (Å²) in [6.07, 6.45) is 7.15. The van der Waals surface area contributed by atoms with Crippen LogP contribution in [0.4, 0.5) is 0 Å². The van der Waals surface area contributed by atoms with Crippen LogP contribution in [0.1, 0.15) is 26.7 Å². The molecule has 1 atom stereocenters. The lowest BCUT2D eigenvalue weighted by Crippen LogP contribution is -2.35. The zero-order chi connectivity index (χ0) is 9.68. The molecule has 0 bridgehead atoms. The molecule has 1 heterocycles. The molecule has 0 saturated carbocycles. The van der Waals surface area contributed by atoms with Gasteiger partial charge in [0.25, 0.3) is 0 Å². The molecule has 0 amide bonds. The van der Waals surface area contributed by atoms with Crippen LogP contribution in [-0.4, -0.2) is 30.6 Å². The molecule has 0 aliphatic carbocycles. The molecule has 0 unspecified atom stereocenters. The minimum atomic E-state index is 0.636. The minimum Gasteiger partial charge on any atom is -0.329 e. The second-order valence-corrected chi connectivity index (χ2v) is 4.20. The van der Waals surface area contributed by atoms with E-state index in [-0.39, 0.29) is 0 Å². The Hall–Kier alpha value is -0.340. The van der Waals surface area contributed by atoms with E-state index in [4.69, 9.17) is 5.73 Å². The fourth-order valence-corrected chi connectivity index (χ4v) is 1.87. The summed E-state index contributed by atoms with van der Waals surface area (Å²) in [6.45, 7) is 7.54. The molecular formula is C11H22N2. The van der Waals surface area contributed by atoms with Crippen molar-refractivity contribution >= 4 is 0 Å². The number of likely N-dealkylation sites (tertiary alicyclic amines) is 1. The number of nitrogens with two attached hydrogens (primary N) is 1. The van der Waals surface area contributed by atoms with E-state index in [0.29, 0.717) is 12.0 Å². The van der Waals surface area contributed by atoms with Gasteiger partial charge in [-0.1, -0.05) is 26.0 Å². The van der Waals surface area contributed by atoms with Crippen molar-refractivity contribution < 1.29 is 0 Å². The van der Waals surface area contributed by atoms with E-state index < -0.39 is 0 Å². The topological polar surface area (TPSA) is 29.3 Å². The molecule has 0 spiro atoms. The third-order valence-electron chi connectivity index (χ3n) is 2.63. The highest BCUT2D eigenvalue weighted by molar-refractivity contribution is 4.91. The number of nitrogens with zero attached hydrogens (tertiary/aromatic N) is 1. The minimum absolute atomic E-state index is 0.636. The van der Waals surface area contributed by atoms with Crippen molar-refractivity contribution in [1.82, 2.24) is 4.90 Å². The molecule has 0 aromatic carbocycles. The number of hydrogen-bond acceptors (Lipinski definition) is 2. The number of rotatable bonds is 4. The maximum Gasteiger partial charge on any atom is 0.0222 e. The predicted molar refractivity (Wildman–Crippen MR) is 57.6 cm³/mol. The van der Waals surface area contributed by atoms with Gasteiger partial charge in [0.2, 0.25) is 0 Å². The van der Waals surface area contributed by atoms with Crippen LogP contribution in [0.2, 0.25) is 0 Å². The summed E-state index contributed by atoms with van der Waals surface area (Å²) >= 11 is 0. The fraction of sp³-hybridized carbons (Fsp3) is 0.818. The highest BCUT2D eigenvalue weighted by Crippen LogP contribution is 2.15. The van der Waals surface area contributed by atoms with E-state index >= 15 is 0 Å². The maximum atomic E-state index is 5.69. The first-order valence-corrected chi connectivity index (χ1v) is 5.35. The molecule has 0 radical (unpaired) electrons. The average molecular weight is 182 g/mol. The van der Waals surface area contributed by atoms with Gasteiger partial charge in [-0.25, -0.2) is 0 Å². The van der Waals surface area contributed by atoms with Crippen LogP contribution in [0.15, 0.2) is 12.2 Å². The molecule has 2 N–H and O–H groups in total. The van der Waals surface area contributed by atoms with Crippen molar-refractivity contribution in [2.75, 3.05) is 19.6 Å². The Labute approximate surface area is 81.8 Å². The summed E-state index contributed by atoms with van der Waals surface area (Å²) in [5, 5.41) is 0. The predicted octanol–water partition coefficient (Wildman–Crippen LogP) is 1.62. The van der Waals surface area contributed by atoms with Crippen molar-refractivity contribution in [2.45, 2.75) is 32.7 Å². The van der Waals surface area contributed by atoms with Crippen LogP contribution < -0.4 is 5.73 Å². The van der Waals surface area contributed by atoms with Gasteiger partial charge in [0.05, 0.1) is 0 Å². The van der Waals surface area contributed by atoms with Crippen molar-refractivity contribution in [3.8, 4) is 0 Å². The molecule has 1 aliphatic heterocycles. The van der Waals surface area contributed by atoms with Crippen LogP contribution in [0.3, 0.4) is 0 Å². The quantitative estimate of drug-likeness (QED) is 0.669. The lowest BCUT2D eigenvalue weighted by atomic mass is 10.2. The summed E-state index contributed by atoms with van der Waals surface area (Å²) in [6, 6.07) is 0.636. The maximum absolute atomic E-state index is 5.69. The van der Waals surface area contributed by atoms with Gasteiger partial charge >= 0.3 is 0 Å². The molecule has 13 heavy (non-hydrogen) atoms. The third-order valence-corrected chi connectivity index (χ3v) is 2.63. The first-order chi connectivity index (χ1) is 6.24. The summed E-state index contributed by atoms with van der Waals surface area (Å²) < 4.78 is 0. The van der Waals surface area contributed by atoms with Gasteiger partial charge in [0.15, 0.2) is 0 Å². The molecule has 2 nitrogen and oxygen atoms in total. The molecule has 0 aromatic rings. The summed E-state index contributed by atoms with van der Waals surface area (Å²) in [5.74, 6) is 0.666. The van der Waals surface area contributed by atoms with Gasteiger partial charge in [-0.15, -0.1) is 0 Å². The van der Waals surface area contributed by atoms with Crippen molar-refractivity contribution in [2.24, 2.45) is 11.7 Å². The van der Waals surface area contributed by atoms with Gasteiger partial charge in [0.1, 0.15) is 0 Å². The zero-order valence-electron chi connectivity index (χ0n) is 8.87. The van der Waals surface area contributed by atoms with E-state index in [1.165, 1.54) is 19.4 Å². The fourth-order valence-electron chi connectivity index (χ4n) is 1.87. The van der Waals surface area contributed by atoms with Gasteiger partial charge in [-0.05, 0) is 25.3 Å². The Morgan fingerprint density at radius 1 is 1.54 bits per heavy atom. The standard InChI is InChI=1S/C11H22N2/c1-10(2)5-3-7-13-8-4-6-11(13)9-12/h3,5,10-11H,4,6-9,12H2,1-2H3/b5-3+/t11-/m0/s1. The van der Waals surface area contributed by atoms with E-state index in [0.717, 1.165) is 13.1 Å². The van der Waals surface area contributed by atoms with Gasteiger partial charge in [-0.2, -0.15) is 0 Å². The lowest BCUT2D eigenvalue weighted by molar-refractivity contribution is 0.286. The van der Waals surface area contributed by atoms with Crippen molar-refractivity contribution in [3.05, 3.63) is 12.2 Å². The normalized spacial score (nSPS) is 25.1. The monoisotopic (exact) mass is 182 g/mol. The van der Waals surface area contributed by atoms with Gasteiger partial charge in [-0.3, -0.25) is 4.90 Å². The van der Waals surface area contributed by atoms with Gasteiger partial charge in [0, 0.05) is 19.1 Å². The largest absolute Gasteiger partial charge is 0.329 e. The van der Waals surface area contributed by atoms with Crippen molar-refractivity contribution in [1.29, 1.82) is 0 Å². The molecule has 1 aliphatic rings. The molecule has 1 fully saturated rings. The Bertz CT molecular complexity index is 163. The van der Waals surface area contributed by atoms with E-state index in [1.54, 1.807) is 0 Å².